The molecule has 0 aliphatic rings. The second-order valence-corrected chi connectivity index (χ2v) is 11.1. The summed E-state index contributed by atoms with van der Waals surface area (Å²) in [5.74, 6) is -0.157. The number of amides is 1. The topological polar surface area (TPSA) is 66.5 Å². The largest absolute Gasteiger partial charge is 0.325 e. The van der Waals surface area contributed by atoms with Crippen LogP contribution in [0.4, 0.5) is 5.69 Å². The van der Waals surface area contributed by atoms with Gasteiger partial charge in [-0.1, -0.05) is 12.1 Å². The van der Waals surface area contributed by atoms with E-state index in [0.29, 0.717) is 5.69 Å². The van der Waals surface area contributed by atoms with Gasteiger partial charge in [-0.05, 0) is 81.5 Å². The Morgan fingerprint density at radius 2 is 1.52 bits per heavy atom. The maximum absolute atomic E-state index is 12.9. The van der Waals surface area contributed by atoms with Crippen molar-refractivity contribution in [2.45, 2.75) is 56.6 Å². The van der Waals surface area contributed by atoms with Crippen molar-refractivity contribution < 1.29 is 13.2 Å². The molecular weight excluding hydrogens is 404 g/mol. The van der Waals surface area contributed by atoms with Crippen LogP contribution in [0, 0.1) is 34.6 Å². The molecule has 1 unspecified atom stereocenters. The number of thioether (sulfide) groups is 1. The van der Waals surface area contributed by atoms with Crippen molar-refractivity contribution in [3.8, 4) is 0 Å². The smallest absolute Gasteiger partial charge is 0.242 e. The maximum atomic E-state index is 12.9. The van der Waals surface area contributed by atoms with Gasteiger partial charge in [0.05, 0.1) is 10.1 Å². The Bertz CT molecular complexity index is 1020. The van der Waals surface area contributed by atoms with Gasteiger partial charge in [-0.15, -0.1) is 11.8 Å². The number of nitrogens with zero attached hydrogens (tertiary/aromatic N) is 1. The summed E-state index contributed by atoms with van der Waals surface area (Å²) in [6.45, 7) is 12.0. The Morgan fingerprint density at radius 1 is 0.966 bits per heavy atom. The van der Waals surface area contributed by atoms with Gasteiger partial charge < -0.3 is 5.32 Å². The molecule has 0 saturated heterocycles. The summed E-state index contributed by atoms with van der Waals surface area (Å²) in [6.07, 6.45) is 0. The minimum atomic E-state index is -3.56. The van der Waals surface area contributed by atoms with Crippen LogP contribution in [0.2, 0.25) is 0 Å². The normalized spacial score (nSPS) is 12.9. The van der Waals surface area contributed by atoms with Gasteiger partial charge in [0.15, 0.2) is 0 Å². The Morgan fingerprint density at radius 3 is 2.03 bits per heavy atom. The molecule has 0 fully saturated rings. The number of carbonyl (C=O) groups excluding carboxylic acids is 1. The van der Waals surface area contributed by atoms with Gasteiger partial charge in [-0.25, -0.2) is 12.7 Å². The number of rotatable bonds is 6. The van der Waals surface area contributed by atoms with Crippen molar-refractivity contribution in [3.63, 3.8) is 0 Å². The van der Waals surface area contributed by atoms with Crippen LogP contribution in [0.3, 0.4) is 0 Å². The number of carbonyl (C=O) groups is 1. The molecule has 2 rings (SSSR count). The molecule has 0 aliphatic heterocycles. The summed E-state index contributed by atoms with van der Waals surface area (Å²) >= 11 is 1.53. The van der Waals surface area contributed by atoms with Crippen LogP contribution in [0.1, 0.15) is 34.7 Å². The second-order valence-electron chi connectivity index (χ2n) is 7.60. The van der Waals surface area contributed by atoms with Crippen molar-refractivity contribution in [1.29, 1.82) is 0 Å². The van der Waals surface area contributed by atoms with Crippen molar-refractivity contribution in [2.75, 3.05) is 19.4 Å². The van der Waals surface area contributed by atoms with Crippen molar-refractivity contribution in [2.24, 2.45) is 0 Å². The van der Waals surface area contributed by atoms with Crippen LogP contribution >= 0.6 is 11.8 Å². The number of hydrogen-bond donors (Lipinski definition) is 1. The lowest BCUT2D eigenvalue weighted by Gasteiger charge is -2.19. The van der Waals surface area contributed by atoms with E-state index in [1.807, 2.05) is 13.8 Å². The lowest BCUT2D eigenvalue weighted by molar-refractivity contribution is -0.115. The summed E-state index contributed by atoms with van der Waals surface area (Å²) in [6, 6.07) is 6.95. The Kier molecular flexibility index (Phi) is 7.19. The van der Waals surface area contributed by atoms with Gasteiger partial charge in [-0.3, -0.25) is 4.79 Å². The number of benzene rings is 2. The Balaban J connectivity index is 2.27. The predicted octanol–water partition coefficient (Wildman–Crippen LogP) is 4.60. The van der Waals surface area contributed by atoms with E-state index in [1.54, 1.807) is 12.1 Å². The van der Waals surface area contributed by atoms with Crippen molar-refractivity contribution >= 4 is 33.4 Å². The van der Waals surface area contributed by atoms with Gasteiger partial charge in [0.1, 0.15) is 0 Å². The summed E-state index contributed by atoms with van der Waals surface area (Å²) < 4.78 is 26.0. The first-order valence-electron chi connectivity index (χ1n) is 9.44. The van der Waals surface area contributed by atoms with Gasteiger partial charge in [0.25, 0.3) is 0 Å². The number of sulfonamides is 1. The lowest BCUT2D eigenvalue weighted by atomic mass is 10.0. The summed E-state index contributed by atoms with van der Waals surface area (Å²) in [5.41, 5.74) is 6.12. The molecular formula is C22H30N2O3S2. The molecule has 2 aromatic carbocycles. The Hall–Kier alpha value is -1.83. The molecule has 7 heteroatoms. The van der Waals surface area contributed by atoms with Crippen LogP contribution in [0.5, 0.6) is 0 Å². The zero-order chi connectivity index (χ0) is 22.1. The van der Waals surface area contributed by atoms with E-state index >= 15 is 0 Å². The SMILES string of the molecule is Cc1ccc(S(=O)(=O)N(C)C)cc1NC(=O)C(C)Sc1c(C)c(C)cc(C)c1C. The van der Waals surface area contributed by atoms with Gasteiger partial charge in [-0.2, -0.15) is 0 Å². The minimum Gasteiger partial charge on any atom is -0.325 e. The van der Waals surface area contributed by atoms with E-state index in [1.165, 1.54) is 54.2 Å². The number of hydrogen-bond acceptors (Lipinski definition) is 4. The zero-order valence-electron chi connectivity index (χ0n) is 18.4. The number of aryl methyl sites for hydroxylation is 3. The first-order chi connectivity index (χ1) is 13.4. The molecule has 1 atom stereocenters. The van der Waals surface area contributed by atoms with Crippen LogP contribution in [0.25, 0.3) is 0 Å². The average molecular weight is 435 g/mol. The third kappa shape index (κ3) is 5.02. The molecule has 158 valence electrons. The highest BCUT2D eigenvalue weighted by atomic mass is 32.2. The van der Waals surface area contributed by atoms with Gasteiger partial charge >= 0.3 is 0 Å². The molecule has 29 heavy (non-hydrogen) atoms. The highest BCUT2D eigenvalue weighted by Crippen LogP contribution is 2.34. The van der Waals surface area contributed by atoms with E-state index in [9.17, 15) is 13.2 Å². The van der Waals surface area contributed by atoms with Crippen LogP contribution in [0.15, 0.2) is 34.1 Å². The fourth-order valence-corrected chi connectivity index (χ4v) is 5.05. The number of nitrogens with one attached hydrogen (secondary N) is 1. The van der Waals surface area contributed by atoms with Crippen LogP contribution in [-0.2, 0) is 14.8 Å². The van der Waals surface area contributed by atoms with Crippen molar-refractivity contribution in [3.05, 3.63) is 52.1 Å². The monoisotopic (exact) mass is 434 g/mol. The van der Waals surface area contributed by atoms with E-state index in [4.69, 9.17) is 0 Å². The highest BCUT2D eigenvalue weighted by Gasteiger charge is 2.21. The van der Waals surface area contributed by atoms with Crippen LogP contribution in [-0.4, -0.2) is 38.0 Å². The van der Waals surface area contributed by atoms with Gasteiger partial charge in [0, 0.05) is 24.7 Å². The molecule has 1 N–H and O–H groups in total. The third-order valence-corrected chi connectivity index (χ3v) is 8.43. The molecule has 5 nitrogen and oxygen atoms in total. The van der Waals surface area contributed by atoms with Crippen molar-refractivity contribution in [1.82, 2.24) is 4.31 Å². The molecule has 0 aliphatic carbocycles. The molecule has 2 aromatic rings. The average Bonchev–Trinajstić information content (AvgIpc) is 2.64. The molecule has 0 spiro atoms. The number of anilines is 1. The van der Waals surface area contributed by atoms with E-state index in [-0.39, 0.29) is 16.1 Å². The zero-order valence-corrected chi connectivity index (χ0v) is 20.0. The van der Waals surface area contributed by atoms with Crippen LogP contribution < -0.4 is 5.32 Å². The third-order valence-electron chi connectivity index (χ3n) is 5.21. The first-order valence-corrected chi connectivity index (χ1v) is 11.8. The van der Waals surface area contributed by atoms with E-state index in [0.717, 1.165) is 14.8 Å². The highest BCUT2D eigenvalue weighted by molar-refractivity contribution is 8.00. The first kappa shape index (κ1) is 23.4. The molecule has 0 radical (unpaired) electrons. The lowest BCUT2D eigenvalue weighted by Crippen LogP contribution is -2.24. The molecule has 0 bridgehead atoms. The van der Waals surface area contributed by atoms with E-state index < -0.39 is 10.0 Å². The predicted molar refractivity (Wildman–Crippen MR) is 121 cm³/mol. The fraction of sp³-hybridized carbons (Fsp3) is 0.409. The Labute approximate surface area is 178 Å². The molecule has 0 aromatic heterocycles. The summed E-state index contributed by atoms with van der Waals surface area (Å²) in [4.78, 5) is 14.2. The maximum Gasteiger partial charge on any atom is 0.242 e. The standard InChI is InChI=1S/C22H30N2O3S2/c1-13-9-10-19(29(26,27)24(7)8)12-20(13)23-22(25)18(6)28-21-16(4)14(2)11-15(3)17(21)5/h9-12,18H,1-8H3,(H,23,25). The van der Waals surface area contributed by atoms with Gasteiger partial charge in [0.2, 0.25) is 15.9 Å². The summed E-state index contributed by atoms with van der Waals surface area (Å²) in [5, 5.41) is 2.58. The quantitative estimate of drug-likeness (QED) is 0.675. The van der Waals surface area contributed by atoms with E-state index in [2.05, 4.69) is 39.1 Å². The summed E-state index contributed by atoms with van der Waals surface area (Å²) in [7, 11) is -0.591. The second kappa shape index (κ2) is 8.90. The molecule has 0 heterocycles. The molecule has 0 saturated carbocycles. The molecule has 1 amide bonds. The minimum absolute atomic E-state index is 0.157. The fourth-order valence-electron chi connectivity index (χ4n) is 2.93.